The van der Waals surface area contributed by atoms with Crippen LogP contribution in [0, 0.1) is 0 Å². The number of esters is 2. The van der Waals surface area contributed by atoms with Crippen LogP contribution in [0.5, 0.6) is 0 Å². The maximum Gasteiger partial charge on any atom is 0.345 e. The molecule has 0 N–H and O–H groups in total. The van der Waals surface area contributed by atoms with Crippen molar-refractivity contribution in [2.45, 2.75) is 6.92 Å². The second-order valence-electron chi connectivity index (χ2n) is 3.91. The molecular weight excluding hydrogens is 228 g/mol. The molecule has 2 rings (SSSR count). The van der Waals surface area contributed by atoms with E-state index in [1.807, 2.05) is 24.3 Å². The van der Waals surface area contributed by atoms with Gasteiger partial charge in [-0.25, -0.2) is 4.79 Å². The molecule has 0 saturated carbocycles. The SMILES string of the molecule is C=Cc1ccc2cc(C(=O)OC(C)=O)ccc2c1. The minimum absolute atomic E-state index is 0.365. The van der Waals surface area contributed by atoms with Crippen LogP contribution >= 0.6 is 0 Å². The van der Waals surface area contributed by atoms with Gasteiger partial charge in [-0.1, -0.05) is 30.9 Å². The maximum absolute atomic E-state index is 11.6. The average Bonchev–Trinajstić information content (AvgIpc) is 2.36. The zero-order valence-corrected chi connectivity index (χ0v) is 9.97. The van der Waals surface area contributed by atoms with E-state index in [-0.39, 0.29) is 0 Å². The molecule has 2 aromatic rings. The molecule has 0 radical (unpaired) electrons. The highest BCUT2D eigenvalue weighted by Gasteiger charge is 2.10. The number of rotatable bonds is 2. The third-order valence-electron chi connectivity index (χ3n) is 2.57. The molecule has 18 heavy (non-hydrogen) atoms. The van der Waals surface area contributed by atoms with Crippen LogP contribution < -0.4 is 0 Å². The minimum Gasteiger partial charge on any atom is -0.390 e. The largest absolute Gasteiger partial charge is 0.390 e. The van der Waals surface area contributed by atoms with Crippen LogP contribution in [0.15, 0.2) is 43.0 Å². The molecule has 0 aromatic heterocycles. The Morgan fingerprint density at radius 2 is 1.78 bits per heavy atom. The van der Waals surface area contributed by atoms with E-state index < -0.39 is 11.9 Å². The van der Waals surface area contributed by atoms with Gasteiger partial charge in [0, 0.05) is 6.92 Å². The summed E-state index contributed by atoms with van der Waals surface area (Å²) in [5, 5.41) is 1.92. The van der Waals surface area contributed by atoms with E-state index in [2.05, 4.69) is 11.3 Å². The van der Waals surface area contributed by atoms with Crippen molar-refractivity contribution in [1.82, 2.24) is 0 Å². The molecule has 0 amide bonds. The second-order valence-corrected chi connectivity index (χ2v) is 3.91. The molecule has 3 heteroatoms. The number of hydrogen-bond donors (Lipinski definition) is 0. The maximum atomic E-state index is 11.6. The van der Waals surface area contributed by atoms with Crippen molar-refractivity contribution in [2.75, 3.05) is 0 Å². The molecule has 0 unspecified atom stereocenters. The van der Waals surface area contributed by atoms with Crippen LogP contribution in [0.3, 0.4) is 0 Å². The molecule has 2 aromatic carbocycles. The lowest BCUT2D eigenvalue weighted by atomic mass is 10.0. The van der Waals surface area contributed by atoms with Gasteiger partial charge in [-0.05, 0) is 34.5 Å². The second kappa shape index (κ2) is 4.84. The molecule has 0 saturated heterocycles. The van der Waals surface area contributed by atoms with Crippen molar-refractivity contribution in [1.29, 1.82) is 0 Å². The summed E-state index contributed by atoms with van der Waals surface area (Å²) in [7, 11) is 0. The normalized spacial score (nSPS) is 10.1. The average molecular weight is 240 g/mol. The molecule has 90 valence electrons. The lowest BCUT2D eigenvalue weighted by Crippen LogP contribution is -2.08. The van der Waals surface area contributed by atoms with Gasteiger partial charge < -0.3 is 4.74 Å². The van der Waals surface area contributed by atoms with E-state index in [0.29, 0.717) is 5.56 Å². The Kier molecular flexibility index (Phi) is 3.24. The summed E-state index contributed by atoms with van der Waals surface area (Å²) in [6, 6.07) is 10.9. The quantitative estimate of drug-likeness (QED) is 0.598. The first-order valence-electron chi connectivity index (χ1n) is 5.49. The van der Waals surface area contributed by atoms with Crippen LogP contribution in [-0.4, -0.2) is 11.9 Å². The third-order valence-corrected chi connectivity index (χ3v) is 2.57. The topological polar surface area (TPSA) is 43.4 Å². The van der Waals surface area contributed by atoms with Gasteiger partial charge >= 0.3 is 11.9 Å². The summed E-state index contributed by atoms with van der Waals surface area (Å²) in [5.41, 5.74) is 1.38. The lowest BCUT2D eigenvalue weighted by Gasteiger charge is -2.03. The third kappa shape index (κ3) is 2.46. The van der Waals surface area contributed by atoms with Crippen molar-refractivity contribution in [2.24, 2.45) is 0 Å². The van der Waals surface area contributed by atoms with Crippen LogP contribution in [0.25, 0.3) is 16.8 Å². The van der Waals surface area contributed by atoms with E-state index in [0.717, 1.165) is 16.3 Å². The lowest BCUT2D eigenvalue weighted by molar-refractivity contribution is -0.135. The van der Waals surface area contributed by atoms with E-state index in [1.54, 1.807) is 18.2 Å². The van der Waals surface area contributed by atoms with E-state index in [9.17, 15) is 9.59 Å². The summed E-state index contributed by atoms with van der Waals surface area (Å²) >= 11 is 0. The number of hydrogen-bond acceptors (Lipinski definition) is 3. The highest BCUT2D eigenvalue weighted by atomic mass is 16.6. The monoisotopic (exact) mass is 240 g/mol. The molecular formula is C15H12O3. The van der Waals surface area contributed by atoms with Crippen molar-refractivity contribution in [3.8, 4) is 0 Å². The highest BCUT2D eigenvalue weighted by molar-refractivity contribution is 5.99. The standard InChI is InChI=1S/C15H12O3/c1-3-11-4-5-13-9-14(7-6-12(13)8-11)15(17)18-10(2)16/h3-9H,1H2,2H3. The molecule has 0 spiro atoms. The van der Waals surface area contributed by atoms with E-state index in [4.69, 9.17) is 0 Å². The number of fused-ring (bicyclic) bond motifs is 1. The molecule has 0 aliphatic heterocycles. The fourth-order valence-electron chi connectivity index (χ4n) is 1.71. The first-order chi connectivity index (χ1) is 8.60. The first kappa shape index (κ1) is 12.0. The number of benzene rings is 2. The van der Waals surface area contributed by atoms with Gasteiger partial charge in [0.2, 0.25) is 0 Å². The van der Waals surface area contributed by atoms with Crippen molar-refractivity contribution >= 4 is 28.8 Å². The molecule has 0 aliphatic rings. The van der Waals surface area contributed by atoms with Crippen LogP contribution in [0.2, 0.25) is 0 Å². The summed E-state index contributed by atoms with van der Waals surface area (Å²) in [6.07, 6.45) is 1.76. The van der Waals surface area contributed by atoms with Gasteiger partial charge in [0.25, 0.3) is 0 Å². The Balaban J connectivity index is 2.41. The Bertz CT molecular complexity index is 641. The van der Waals surface area contributed by atoms with Crippen molar-refractivity contribution < 1.29 is 14.3 Å². The molecule has 0 heterocycles. The van der Waals surface area contributed by atoms with Gasteiger partial charge in [0.05, 0.1) is 5.56 Å². The summed E-state index contributed by atoms with van der Waals surface area (Å²) in [6.45, 7) is 4.91. The molecule has 0 atom stereocenters. The number of carbonyl (C=O) groups is 2. The zero-order chi connectivity index (χ0) is 13.1. The van der Waals surface area contributed by atoms with E-state index >= 15 is 0 Å². The number of carbonyl (C=O) groups excluding carboxylic acids is 2. The predicted molar refractivity (Wildman–Crippen MR) is 70.1 cm³/mol. The van der Waals surface area contributed by atoms with Crippen LogP contribution in [-0.2, 0) is 9.53 Å². The molecule has 0 aliphatic carbocycles. The summed E-state index contributed by atoms with van der Waals surface area (Å²) < 4.78 is 4.54. The van der Waals surface area contributed by atoms with Crippen LogP contribution in [0.4, 0.5) is 0 Å². The van der Waals surface area contributed by atoms with Crippen LogP contribution in [0.1, 0.15) is 22.8 Å². The molecule has 3 nitrogen and oxygen atoms in total. The molecule has 0 bridgehead atoms. The Morgan fingerprint density at radius 1 is 1.11 bits per heavy atom. The van der Waals surface area contributed by atoms with Crippen molar-refractivity contribution in [3.05, 3.63) is 54.1 Å². The minimum atomic E-state index is -0.628. The fraction of sp³-hybridized carbons (Fsp3) is 0.0667. The first-order valence-corrected chi connectivity index (χ1v) is 5.49. The van der Waals surface area contributed by atoms with Gasteiger partial charge in [-0.15, -0.1) is 0 Å². The Hall–Kier alpha value is -2.42. The zero-order valence-electron chi connectivity index (χ0n) is 9.97. The smallest absolute Gasteiger partial charge is 0.345 e. The van der Waals surface area contributed by atoms with E-state index in [1.165, 1.54) is 6.92 Å². The van der Waals surface area contributed by atoms with Crippen molar-refractivity contribution in [3.63, 3.8) is 0 Å². The fourth-order valence-corrected chi connectivity index (χ4v) is 1.71. The Morgan fingerprint density at radius 3 is 2.44 bits per heavy atom. The van der Waals surface area contributed by atoms with Gasteiger partial charge in [-0.3, -0.25) is 4.79 Å². The summed E-state index contributed by atoms with van der Waals surface area (Å²) in [5.74, 6) is -1.24. The molecule has 0 fully saturated rings. The van der Waals surface area contributed by atoms with Gasteiger partial charge in [0.1, 0.15) is 0 Å². The predicted octanol–water partition coefficient (Wildman–Crippen LogP) is 3.19. The number of ether oxygens (including phenoxy) is 1. The van der Waals surface area contributed by atoms with Gasteiger partial charge in [-0.2, -0.15) is 0 Å². The summed E-state index contributed by atoms with van der Waals surface area (Å²) in [4.78, 5) is 22.3. The Labute approximate surface area is 105 Å². The van der Waals surface area contributed by atoms with Gasteiger partial charge in [0.15, 0.2) is 0 Å². The highest BCUT2D eigenvalue weighted by Crippen LogP contribution is 2.19.